The highest BCUT2D eigenvalue weighted by Gasteiger charge is 2.18. The average molecular weight is 442 g/mol. The zero-order valence-electron chi connectivity index (χ0n) is 18.2. The van der Waals surface area contributed by atoms with Crippen molar-refractivity contribution in [3.8, 4) is 17.0 Å². The number of methoxy groups -OCH3 is 1. The van der Waals surface area contributed by atoms with Gasteiger partial charge >= 0.3 is 0 Å². The average Bonchev–Trinajstić information content (AvgIpc) is 3.24. The van der Waals surface area contributed by atoms with Crippen molar-refractivity contribution < 1.29 is 14.3 Å². The quantitative estimate of drug-likeness (QED) is 0.489. The first kappa shape index (κ1) is 20.8. The molecule has 3 aromatic heterocycles. The van der Waals surface area contributed by atoms with E-state index in [2.05, 4.69) is 20.5 Å². The Morgan fingerprint density at radius 2 is 2.00 bits per heavy atom. The van der Waals surface area contributed by atoms with Gasteiger partial charge < -0.3 is 14.8 Å². The highest BCUT2D eigenvalue weighted by atomic mass is 16.5. The Morgan fingerprint density at radius 1 is 1.15 bits per heavy atom. The molecular formula is C24H22N6O3. The molecule has 1 atom stereocenters. The topological polar surface area (TPSA) is 104 Å². The van der Waals surface area contributed by atoms with E-state index in [1.54, 1.807) is 17.8 Å². The molecule has 1 unspecified atom stereocenters. The van der Waals surface area contributed by atoms with Crippen LogP contribution in [-0.2, 0) is 22.6 Å². The van der Waals surface area contributed by atoms with Crippen molar-refractivity contribution in [1.29, 1.82) is 0 Å². The summed E-state index contributed by atoms with van der Waals surface area (Å²) in [5.74, 6) is 1.20. The molecule has 0 saturated heterocycles. The molecule has 33 heavy (non-hydrogen) atoms. The number of fused-ring (bicyclic) bond motifs is 2. The van der Waals surface area contributed by atoms with Crippen LogP contribution in [0.5, 0.6) is 5.75 Å². The van der Waals surface area contributed by atoms with Crippen LogP contribution in [0.25, 0.3) is 23.0 Å². The fourth-order valence-corrected chi connectivity index (χ4v) is 3.73. The summed E-state index contributed by atoms with van der Waals surface area (Å²) in [4.78, 5) is 15.7. The third-order valence-electron chi connectivity index (χ3n) is 5.39. The Hall–Kier alpha value is -4.11. The summed E-state index contributed by atoms with van der Waals surface area (Å²) in [5, 5.41) is 15.9. The highest BCUT2D eigenvalue weighted by molar-refractivity contribution is 5.88. The first-order chi connectivity index (χ1) is 16.1. The molecular weight excluding hydrogens is 420 g/mol. The summed E-state index contributed by atoms with van der Waals surface area (Å²) in [6.45, 7) is 1.69. The standard InChI is InChI=1S/C24H22N6O3/c1-15(31)26-17-5-3-16(4-6-17)20-9-10-23-27-28-24(30(23)29-20)14-33-22-11-12-25-21-13-18(32-2)7-8-19(21)22/h3-12,18H,13-14H2,1-2H3,(H,26,31). The first-order valence-corrected chi connectivity index (χ1v) is 10.5. The van der Waals surface area contributed by atoms with Crippen molar-refractivity contribution >= 4 is 23.3 Å². The number of pyridine rings is 1. The van der Waals surface area contributed by atoms with E-state index in [0.29, 0.717) is 17.9 Å². The molecule has 0 spiro atoms. The summed E-state index contributed by atoms with van der Waals surface area (Å²) in [7, 11) is 1.69. The van der Waals surface area contributed by atoms with E-state index in [0.717, 1.165) is 34.0 Å². The third kappa shape index (κ3) is 4.31. The van der Waals surface area contributed by atoms with Crippen molar-refractivity contribution in [2.24, 2.45) is 0 Å². The monoisotopic (exact) mass is 442 g/mol. The number of amides is 1. The fraction of sp³-hybridized carbons (Fsp3) is 0.208. The molecule has 3 heterocycles. The molecule has 1 amide bonds. The minimum atomic E-state index is -0.110. The van der Waals surface area contributed by atoms with Gasteiger partial charge in [0.2, 0.25) is 5.91 Å². The lowest BCUT2D eigenvalue weighted by molar-refractivity contribution is -0.114. The van der Waals surface area contributed by atoms with Crippen molar-refractivity contribution in [3.63, 3.8) is 0 Å². The number of rotatable bonds is 6. The van der Waals surface area contributed by atoms with Crippen LogP contribution in [0.3, 0.4) is 0 Å². The second-order valence-corrected chi connectivity index (χ2v) is 7.66. The molecule has 9 nitrogen and oxygen atoms in total. The molecule has 1 N–H and O–H groups in total. The normalized spacial score (nSPS) is 14.8. The van der Waals surface area contributed by atoms with Gasteiger partial charge in [0.1, 0.15) is 12.4 Å². The summed E-state index contributed by atoms with van der Waals surface area (Å²) >= 11 is 0. The van der Waals surface area contributed by atoms with E-state index in [4.69, 9.17) is 14.6 Å². The number of ether oxygens (including phenoxy) is 2. The summed E-state index contributed by atoms with van der Waals surface area (Å²) in [6, 6.07) is 13.1. The number of anilines is 1. The minimum absolute atomic E-state index is 0.0237. The largest absolute Gasteiger partial charge is 0.485 e. The lowest BCUT2D eigenvalue weighted by atomic mass is 10.00. The van der Waals surface area contributed by atoms with Gasteiger partial charge in [0.25, 0.3) is 0 Å². The van der Waals surface area contributed by atoms with E-state index >= 15 is 0 Å². The van der Waals surface area contributed by atoms with Crippen molar-refractivity contribution in [2.45, 2.75) is 26.1 Å². The zero-order valence-corrected chi connectivity index (χ0v) is 18.2. The van der Waals surface area contributed by atoms with Gasteiger partial charge in [0, 0.05) is 43.5 Å². The molecule has 0 fully saturated rings. The lowest BCUT2D eigenvalue weighted by Crippen LogP contribution is -2.16. The molecule has 1 aromatic carbocycles. The van der Waals surface area contributed by atoms with E-state index in [1.807, 2.05) is 54.6 Å². The zero-order chi connectivity index (χ0) is 22.8. The van der Waals surface area contributed by atoms with Crippen LogP contribution in [0.15, 0.2) is 54.7 Å². The van der Waals surface area contributed by atoms with Gasteiger partial charge in [-0.15, -0.1) is 10.2 Å². The molecule has 166 valence electrons. The van der Waals surface area contributed by atoms with Gasteiger partial charge in [-0.1, -0.05) is 24.3 Å². The molecule has 9 heteroatoms. The van der Waals surface area contributed by atoms with Crippen molar-refractivity contribution in [2.75, 3.05) is 12.4 Å². The van der Waals surface area contributed by atoms with Crippen LogP contribution < -0.4 is 10.1 Å². The van der Waals surface area contributed by atoms with Gasteiger partial charge in [-0.25, -0.2) is 0 Å². The Labute approximate surface area is 190 Å². The Morgan fingerprint density at radius 3 is 2.79 bits per heavy atom. The molecule has 1 aliphatic rings. The lowest BCUT2D eigenvalue weighted by Gasteiger charge is -2.19. The van der Waals surface area contributed by atoms with Gasteiger partial charge in [-0.05, 0) is 30.3 Å². The Bertz CT molecular complexity index is 1350. The number of nitrogens with zero attached hydrogens (tertiary/aromatic N) is 5. The van der Waals surface area contributed by atoms with Crippen LogP contribution in [0.2, 0.25) is 0 Å². The van der Waals surface area contributed by atoms with E-state index in [9.17, 15) is 4.79 Å². The molecule has 0 bridgehead atoms. The molecule has 0 aliphatic heterocycles. The maximum absolute atomic E-state index is 11.2. The number of carbonyl (C=O) groups excluding carboxylic acids is 1. The van der Waals surface area contributed by atoms with Crippen LogP contribution in [-0.4, -0.2) is 43.9 Å². The molecule has 0 saturated carbocycles. The first-order valence-electron chi connectivity index (χ1n) is 10.5. The molecule has 0 radical (unpaired) electrons. The SMILES string of the molecule is COC1C=Cc2c(OCc3nnc4ccc(-c5ccc(NC(C)=O)cc5)nn34)ccnc2C1. The smallest absolute Gasteiger partial charge is 0.221 e. The number of nitrogens with one attached hydrogen (secondary N) is 1. The maximum atomic E-state index is 11.2. The number of carbonyl (C=O) groups is 1. The van der Waals surface area contributed by atoms with E-state index in [-0.39, 0.29) is 18.6 Å². The predicted molar refractivity (Wildman–Crippen MR) is 123 cm³/mol. The summed E-state index contributed by atoms with van der Waals surface area (Å²) in [5.41, 5.74) is 4.92. The maximum Gasteiger partial charge on any atom is 0.221 e. The van der Waals surface area contributed by atoms with Crippen molar-refractivity contribution in [1.82, 2.24) is 24.8 Å². The fourth-order valence-electron chi connectivity index (χ4n) is 3.73. The van der Waals surface area contributed by atoms with Crippen molar-refractivity contribution in [3.05, 3.63) is 71.8 Å². The van der Waals surface area contributed by atoms with Crippen LogP contribution >= 0.6 is 0 Å². The van der Waals surface area contributed by atoms with Crippen LogP contribution in [0.1, 0.15) is 24.0 Å². The molecule has 4 aromatic rings. The second-order valence-electron chi connectivity index (χ2n) is 7.66. The highest BCUT2D eigenvalue weighted by Crippen LogP contribution is 2.28. The Kier molecular flexibility index (Phi) is 5.54. The van der Waals surface area contributed by atoms with Crippen LogP contribution in [0, 0.1) is 0 Å². The number of aromatic nitrogens is 5. The Balaban J connectivity index is 1.38. The van der Waals surface area contributed by atoms with Gasteiger partial charge in [0.15, 0.2) is 11.5 Å². The molecule has 1 aliphatic carbocycles. The predicted octanol–water partition coefficient (Wildman–Crippen LogP) is 3.31. The molecule has 5 rings (SSSR count). The number of hydrogen-bond donors (Lipinski definition) is 1. The van der Waals surface area contributed by atoms with E-state index in [1.165, 1.54) is 6.92 Å². The third-order valence-corrected chi connectivity index (χ3v) is 5.39. The van der Waals surface area contributed by atoms with Crippen LogP contribution in [0.4, 0.5) is 5.69 Å². The van der Waals surface area contributed by atoms with Gasteiger partial charge in [-0.2, -0.15) is 9.61 Å². The number of benzene rings is 1. The summed E-state index contributed by atoms with van der Waals surface area (Å²) < 4.78 is 13.2. The second kappa shape index (κ2) is 8.79. The van der Waals surface area contributed by atoms with Gasteiger partial charge in [-0.3, -0.25) is 9.78 Å². The van der Waals surface area contributed by atoms with Gasteiger partial charge in [0.05, 0.1) is 17.5 Å². The number of hydrogen-bond acceptors (Lipinski definition) is 7. The van der Waals surface area contributed by atoms with E-state index < -0.39 is 0 Å². The minimum Gasteiger partial charge on any atom is -0.485 e. The summed E-state index contributed by atoms with van der Waals surface area (Å²) in [6.07, 6.45) is 6.46.